The summed E-state index contributed by atoms with van der Waals surface area (Å²) in [7, 11) is 1.78. The van der Waals surface area contributed by atoms with E-state index in [1.165, 1.54) is 0 Å². The standard InChI is InChI=1S/C6H10N2O/c1-5-3-4-8(2)6(9)7-5/h3-4,6-7,9H,1H2,2H3. The molecule has 1 heterocycles. The zero-order valence-corrected chi connectivity index (χ0v) is 5.33. The Bertz CT molecular complexity index is 153. The molecule has 3 nitrogen and oxygen atoms in total. The minimum atomic E-state index is -0.623. The summed E-state index contributed by atoms with van der Waals surface area (Å²) >= 11 is 0. The normalized spacial score (nSPS) is 26.2. The molecular weight excluding hydrogens is 116 g/mol. The smallest absolute Gasteiger partial charge is 0.204 e. The molecule has 1 rings (SSSR count). The lowest BCUT2D eigenvalue weighted by atomic mass is 10.4. The Morgan fingerprint density at radius 1 is 1.89 bits per heavy atom. The molecule has 1 aliphatic rings. The third-order valence-electron chi connectivity index (χ3n) is 1.21. The summed E-state index contributed by atoms with van der Waals surface area (Å²) in [5.41, 5.74) is 0.737. The van der Waals surface area contributed by atoms with Crippen LogP contribution in [0.25, 0.3) is 0 Å². The molecule has 0 amide bonds. The van der Waals surface area contributed by atoms with Crippen molar-refractivity contribution < 1.29 is 5.11 Å². The fraction of sp³-hybridized carbons (Fsp3) is 0.333. The van der Waals surface area contributed by atoms with Crippen LogP contribution in [-0.4, -0.2) is 23.4 Å². The van der Waals surface area contributed by atoms with Crippen molar-refractivity contribution in [3.8, 4) is 0 Å². The molecule has 1 aliphatic heterocycles. The number of nitrogens with zero attached hydrogens (tertiary/aromatic N) is 1. The quantitative estimate of drug-likeness (QED) is 0.473. The summed E-state index contributed by atoms with van der Waals surface area (Å²) < 4.78 is 0. The van der Waals surface area contributed by atoms with E-state index in [9.17, 15) is 0 Å². The third kappa shape index (κ3) is 1.23. The number of rotatable bonds is 0. The molecule has 0 saturated heterocycles. The average molecular weight is 126 g/mol. The molecular formula is C6H10N2O. The molecule has 0 radical (unpaired) electrons. The highest BCUT2D eigenvalue weighted by atomic mass is 16.3. The molecule has 0 fully saturated rings. The van der Waals surface area contributed by atoms with E-state index in [4.69, 9.17) is 5.11 Å². The summed E-state index contributed by atoms with van der Waals surface area (Å²) in [6.07, 6.45) is 2.94. The Morgan fingerprint density at radius 2 is 2.56 bits per heavy atom. The molecule has 0 aromatic rings. The van der Waals surface area contributed by atoms with E-state index in [0.717, 1.165) is 5.70 Å². The number of nitrogens with one attached hydrogen (secondary N) is 1. The number of aliphatic hydroxyl groups excluding tert-OH is 1. The van der Waals surface area contributed by atoms with Crippen molar-refractivity contribution in [1.29, 1.82) is 0 Å². The first kappa shape index (κ1) is 6.16. The van der Waals surface area contributed by atoms with Gasteiger partial charge in [0.2, 0.25) is 6.35 Å². The Morgan fingerprint density at radius 3 is 3.00 bits per heavy atom. The summed E-state index contributed by atoms with van der Waals surface area (Å²) in [4.78, 5) is 1.65. The molecule has 0 spiro atoms. The van der Waals surface area contributed by atoms with Crippen LogP contribution in [0.2, 0.25) is 0 Å². The van der Waals surface area contributed by atoms with Crippen LogP contribution < -0.4 is 5.32 Å². The molecule has 0 aliphatic carbocycles. The van der Waals surface area contributed by atoms with E-state index in [1.54, 1.807) is 24.2 Å². The van der Waals surface area contributed by atoms with Gasteiger partial charge in [-0.15, -0.1) is 0 Å². The molecule has 2 N–H and O–H groups in total. The lowest BCUT2D eigenvalue weighted by Gasteiger charge is -2.27. The van der Waals surface area contributed by atoms with E-state index in [1.807, 2.05) is 0 Å². The van der Waals surface area contributed by atoms with Gasteiger partial charge in [-0.1, -0.05) is 6.58 Å². The van der Waals surface area contributed by atoms with Crippen LogP contribution in [0.3, 0.4) is 0 Å². The zero-order valence-electron chi connectivity index (χ0n) is 5.33. The number of allylic oxidation sites excluding steroid dienone is 1. The predicted octanol–water partition coefficient (Wildman–Crippen LogP) is -0.175. The molecule has 0 saturated carbocycles. The van der Waals surface area contributed by atoms with Gasteiger partial charge in [-0.2, -0.15) is 0 Å². The minimum Gasteiger partial charge on any atom is -0.356 e. The monoisotopic (exact) mass is 126 g/mol. The molecule has 1 atom stereocenters. The average Bonchev–Trinajstić information content (AvgIpc) is 1.80. The van der Waals surface area contributed by atoms with Crippen molar-refractivity contribution in [2.75, 3.05) is 7.05 Å². The Hall–Kier alpha value is -0.960. The maximum atomic E-state index is 9.05. The van der Waals surface area contributed by atoms with Crippen LogP contribution in [0.15, 0.2) is 24.6 Å². The van der Waals surface area contributed by atoms with Gasteiger partial charge in [0.25, 0.3) is 0 Å². The third-order valence-corrected chi connectivity index (χ3v) is 1.21. The fourth-order valence-corrected chi connectivity index (χ4v) is 0.605. The summed E-state index contributed by atoms with van der Waals surface area (Å²) in [5.74, 6) is 0. The lowest BCUT2D eigenvalue weighted by molar-refractivity contribution is 0.0295. The number of aliphatic hydroxyl groups is 1. The lowest BCUT2D eigenvalue weighted by Crippen LogP contribution is -2.42. The molecule has 0 aromatic heterocycles. The van der Waals surface area contributed by atoms with Crippen LogP contribution in [0, 0.1) is 0 Å². The molecule has 50 valence electrons. The Labute approximate surface area is 54.3 Å². The van der Waals surface area contributed by atoms with Crippen molar-refractivity contribution in [1.82, 2.24) is 10.2 Å². The summed E-state index contributed by atoms with van der Waals surface area (Å²) in [5, 5.41) is 11.8. The number of hydrogen-bond donors (Lipinski definition) is 2. The Balaban J connectivity index is 2.65. The zero-order chi connectivity index (χ0) is 6.85. The van der Waals surface area contributed by atoms with E-state index < -0.39 is 6.35 Å². The van der Waals surface area contributed by atoms with Crippen LogP contribution in [-0.2, 0) is 0 Å². The molecule has 3 heteroatoms. The van der Waals surface area contributed by atoms with E-state index in [0.29, 0.717) is 0 Å². The van der Waals surface area contributed by atoms with E-state index in [2.05, 4.69) is 11.9 Å². The van der Waals surface area contributed by atoms with Crippen molar-refractivity contribution in [2.45, 2.75) is 6.35 Å². The van der Waals surface area contributed by atoms with Gasteiger partial charge in [0.1, 0.15) is 0 Å². The van der Waals surface area contributed by atoms with Gasteiger partial charge < -0.3 is 15.3 Å². The summed E-state index contributed by atoms with van der Waals surface area (Å²) in [6.45, 7) is 3.61. The second-order valence-corrected chi connectivity index (χ2v) is 2.02. The first-order valence-electron chi connectivity index (χ1n) is 2.74. The second kappa shape index (κ2) is 2.11. The van der Waals surface area contributed by atoms with Gasteiger partial charge in [0, 0.05) is 18.9 Å². The van der Waals surface area contributed by atoms with Crippen LogP contribution in [0.4, 0.5) is 0 Å². The maximum Gasteiger partial charge on any atom is 0.204 e. The van der Waals surface area contributed by atoms with Crippen LogP contribution >= 0.6 is 0 Å². The van der Waals surface area contributed by atoms with Gasteiger partial charge in [-0.3, -0.25) is 0 Å². The highest BCUT2D eigenvalue weighted by molar-refractivity contribution is 5.14. The SMILES string of the molecule is C=C1C=CN(C)C(O)N1. The maximum absolute atomic E-state index is 9.05. The van der Waals surface area contributed by atoms with E-state index in [-0.39, 0.29) is 0 Å². The first-order valence-corrected chi connectivity index (χ1v) is 2.74. The minimum absolute atomic E-state index is 0.623. The van der Waals surface area contributed by atoms with Gasteiger partial charge in [-0.25, -0.2) is 0 Å². The highest BCUT2D eigenvalue weighted by Gasteiger charge is 2.09. The van der Waals surface area contributed by atoms with Gasteiger partial charge in [-0.05, 0) is 6.08 Å². The summed E-state index contributed by atoms with van der Waals surface area (Å²) in [6, 6.07) is 0. The van der Waals surface area contributed by atoms with Gasteiger partial charge >= 0.3 is 0 Å². The first-order chi connectivity index (χ1) is 4.20. The molecule has 9 heavy (non-hydrogen) atoms. The van der Waals surface area contributed by atoms with E-state index >= 15 is 0 Å². The van der Waals surface area contributed by atoms with Gasteiger partial charge in [0.15, 0.2) is 0 Å². The van der Waals surface area contributed by atoms with Crippen molar-refractivity contribution >= 4 is 0 Å². The van der Waals surface area contributed by atoms with Crippen molar-refractivity contribution in [2.24, 2.45) is 0 Å². The van der Waals surface area contributed by atoms with Crippen molar-refractivity contribution in [3.63, 3.8) is 0 Å². The molecule has 0 bridgehead atoms. The second-order valence-electron chi connectivity index (χ2n) is 2.02. The predicted molar refractivity (Wildman–Crippen MR) is 35.2 cm³/mol. The fourth-order valence-electron chi connectivity index (χ4n) is 0.605. The Kier molecular flexibility index (Phi) is 1.44. The van der Waals surface area contributed by atoms with Gasteiger partial charge in [0.05, 0.1) is 0 Å². The highest BCUT2D eigenvalue weighted by Crippen LogP contribution is 2.01. The topological polar surface area (TPSA) is 35.5 Å². The molecule has 0 aromatic carbocycles. The number of hydrogen-bond acceptors (Lipinski definition) is 3. The van der Waals surface area contributed by atoms with Crippen molar-refractivity contribution in [3.05, 3.63) is 24.6 Å². The van der Waals surface area contributed by atoms with Crippen LogP contribution in [0.1, 0.15) is 0 Å². The van der Waals surface area contributed by atoms with Crippen LogP contribution in [0.5, 0.6) is 0 Å². The largest absolute Gasteiger partial charge is 0.356 e. The molecule has 1 unspecified atom stereocenters.